The van der Waals surface area contributed by atoms with E-state index < -0.39 is 10.0 Å². The smallest absolute Gasteiger partial charge is 0.246 e. The number of hydrogen-bond donors (Lipinski definition) is 1. The summed E-state index contributed by atoms with van der Waals surface area (Å²) in [7, 11) is -1.81. The molecule has 0 unspecified atom stereocenters. The van der Waals surface area contributed by atoms with Crippen molar-refractivity contribution in [1.29, 1.82) is 0 Å². The number of nitrogens with one attached hydrogen (secondary N) is 1. The first kappa shape index (κ1) is 14.2. The Bertz CT molecular complexity index is 519. The van der Waals surface area contributed by atoms with Crippen LogP contribution < -0.4 is 5.32 Å². The summed E-state index contributed by atoms with van der Waals surface area (Å²) in [5.41, 5.74) is 0. The lowest BCUT2D eigenvalue weighted by Crippen LogP contribution is -2.47. The topological polar surface area (TPSA) is 75.2 Å². The number of sulfonamides is 1. The van der Waals surface area contributed by atoms with Gasteiger partial charge >= 0.3 is 0 Å². The Labute approximate surface area is 114 Å². The van der Waals surface area contributed by atoms with Crippen LogP contribution in [0.2, 0.25) is 0 Å². The van der Waals surface area contributed by atoms with E-state index in [1.54, 1.807) is 11.4 Å². The summed E-state index contributed by atoms with van der Waals surface area (Å²) in [6, 6.07) is 0.0513. The standard InChI is InChI=1S/C12H20N4O2S/c1-9-5-4-6-10(2)16(9)19(17,18)11-7-14-12(13-3)15-8-11/h7-10H,4-6H2,1-3H3,(H,13,14,15)/t9-,10+. The van der Waals surface area contributed by atoms with Crippen molar-refractivity contribution in [2.45, 2.75) is 50.1 Å². The molecule has 0 amide bonds. The minimum atomic E-state index is -3.50. The Morgan fingerprint density at radius 1 is 1.21 bits per heavy atom. The van der Waals surface area contributed by atoms with E-state index in [1.165, 1.54) is 12.4 Å². The summed E-state index contributed by atoms with van der Waals surface area (Å²) in [4.78, 5) is 8.12. The van der Waals surface area contributed by atoms with E-state index in [4.69, 9.17) is 0 Å². The fourth-order valence-corrected chi connectivity index (χ4v) is 4.35. The van der Waals surface area contributed by atoms with Crippen molar-refractivity contribution in [2.75, 3.05) is 12.4 Å². The van der Waals surface area contributed by atoms with E-state index in [-0.39, 0.29) is 17.0 Å². The van der Waals surface area contributed by atoms with Crippen LogP contribution in [0.3, 0.4) is 0 Å². The first-order chi connectivity index (χ1) is 8.96. The zero-order valence-corrected chi connectivity index (χ0v) is 12.3. The van der Waals surface area contributed by atoms with Crippen molar-refractivity contribution in [3.05, 3.63) is 12.4 Å². The highest BCUT2D eigenvalue weighted by atomic mass is 32.2. The minimum absolute atomic E-state index is 0.0257. The predicted molar refractivity (Wildman–Crippen MR) is 73.4 cm³/mol. The number of nitrogens with zero attached hydrogens (tertiary/aromatic N) is 3. The van der Waals surface area contributed by atoms with Gasteiger partial charge in [-0.2, -0.15) is 4.31 Å². The molecule has 0 aliphatic carbocycles. The molecule has 2 rings (SSSR count). The van der Waals surface area contributed by atoms with Crippen molar-refractivity contribution in [3.63, 3.8) is 0 Å². The highest BCUT2D eigenvalue weighted by Crippen LogP contribution is 2.28. The van der Waals surface area contributed by atoms with Crippen LogP contribution in [-0.2, 0) is 10.0 Å². The number of piperidine rings is 1. The van der Waals surface area contributed by atoms with Crippen LogP contribution in [0, 0.1) is 0 Å². The largest absolute Gasteiger partial charge is 0.357 e. The molecule has 2 atom stereocenters. The lowest BCUT2D eigenvalue weighted by molar-refractivity contribution is 0.204. The SMILES string of the molecule is CNc1ncc(S(=O)(=O)N2[C@H](C)CCC[C@@H]2C)cn1. The Morgan fingerprint density at radius 3 is 2.21 bits per heavy atom. The number of hydrogen-bond acceptors (Lipinski definition) is 5. The fourth-order valence-electron chi connectivity index (χ4n) is 2.57. The first-order valence-electron chi connectivity index (χ1n) is 6.50. The molecule has 1 aromatic rings. The minimum Gasteiger partial charge on any atom is -0.357 e. The molecule has 1 saturated heterocycles. The zero-order chi connectivity index (χ0) is 14.0. The van der Waals surface area contributed by atoms with Gasteiger partial charge in [-0.05, 0) is 26.7 Å². The van der Waals surface area contributed by atoms with Crippen LogP contribution in [0.4, 0.5) is 5.95 Å². The van der Waals surface area contributed by atoms with Crippen molar-refractivity contribution in [3.8, 4) is 0 Å². The van der Waals surface area contributed by atoms with Gasteiger partial charge in [0.2, 0.25) is 16.0 Å². The Hall–Kier alpha value is -1.21. The van der Waals surface area contributed by atoms with E-state index in [0.717, 1.165) is 19.3 Å². The molecule has 7 heteroatoms. The summed E-state index contributed by atoms with van der Waals surface area (Å²) in [5.74, 6) is 0.415. The van der Waals surface area contributed by atoms with Gasteiger partial charge in [0, 0.05) is 19.1 Å². The Kier molecular flexibility index (Phi) is 4.05. The maximum Gasteiger partial charge on any atom is 0.246 e. The van der Waals surface area contributed by atoms with Crippen molar-refractivity contribution in [1.82, 2.24) is 14.3 Å². The molecule has 19 heavy (non-hydrogen) atoms. The van der Waals surface area contributed by atoms with Crippen LogP contribution in [0.25, 0.3) is 0 Å². The molecular weight excluding hydrogens is 264 g/mol. The number of anilines is 1. The maximum absolute atomic E-state index is 12.6. The first-order valence-corrected chi connectivity index (χ1v) is 7.94. The Morgan fingerprint density at radius 2 is 1.74 bits per heavy atom. The van der Waals surface area contributed by atoms with Gasteiger partial charge in [-0.25, -0.2) is 18.4 Å². The van der Waals surface area contributed by atoms with Gasteiger partial charge in [-0.15, -0.1) is 0 Å². The van der Waals surface area contributed by atoms with Gasteiger partial charge in [0.25, 0.3) is 0 Å². The third-order valence-corrected chi connectivity index (χ3v) is 5.62. The maximum atomic E-state index is 12.6. The van der Waals surface area contributed by atoms with Crippen LogP contribution >= 0.6 is 0 Å². The predicted octanol–water partition coefficient (Wildman–Crippen LogP) is 1.47. The third-order valence-electron chi connectivity index (χ3n) is 3.54. The second-order valence-corrected chi connectivity index (χ2v) is 6.80. The second-order valence-electron chi connectivity index (χ2n) is 4.96. The third kappa shape index (κ3) is 2.71. The van der Waals surface area contributed by atoms with Gasteiger partial charge in [0.1, 0.15) is 4.90 Å². The lowest BCUT2D eigenvalue weighted by Gasteiger charge is -2.37. The van der Waals surface area contributed by atoms with Crippen LogP contribution in [0.5, 0.6) is 0 Å². The normalized spacial score (nSPS) is 25.2. The quantitative estimate of drug-likeness (QED) is 0.909. The van der Waals surface area contributed by atoms with E-state index in [9.17, 15) is 8.42 Å². The molecule has 0 aromatic carbocycles. The van der Waals surface area contributed by atoms with Crippen LogP contribution in [0.1, 0.15) is 33.1 Å². The molecule has 1 aromatic heterocycles. The Balaban J connectivity index is 2.34. The number of rotatable bonds is 3. The van der Waals surface area contributed by atoms with Crippen molar-refractivity contribution in [2.24, 2.45) is 0 Å². The summed E-state index contributed by atoms with van der Waals surface area (Å²) >= 11 is 0. The average molecular weight is 284 g/mol. The molecule has 1 fully saturated rings. The molecule has 106 valence electrons. The van der Waals surface area contributed by atoms with Gasteiger partial charge in [0.05, 0.1) is 12.4 Å². The lowest BCUT2D eigenvalue weighted by atomic mass is 10.0. The summed E-state index contributed by atoms with van der Waals surface area (Å²) in [5, 5.41) is 2.77. The monoisotopic (exact) mass is 284 g/mol. The summed E-state index contributed by atoms with van der Waals surface area (Å²) < 4.78 is 26.9. The zero-order valence-electron chi connectivity index (χ0n) is 11.5. The highest BCUT2D eigenvalue weighted by Gasteiger charge is 2.35. The van der Waals surface area contributed by atoms with E-state index >= 15 is 0 Å². The molecule has 0 bridgehead atoms. The van der Waals surface area contributed by atoms with Gasteiger partial charge in [-0.3, -0.25) is 0 Å². The van der Waals surface area contributed by atoms with E-state index in [0.29, 0.717) is 5.95 Å². The van der Waals surface area contributed by atoms with Gasteiger partial charge in [-0.1, -0.05) is 6.42 Å². The van der Waals surface area contributed by atoms with Crippen LogP contribution in [-0.4, -0.2) is 41.8 Å². The average Bonchev–Trinajstić information content (AvgIpc) is 2.38. The molecule has 1 aliphatic heterocycles. The van der Waals surface area contributed by atoms with Gasteiger partial charge in [0.15, 0.2) is 0 Å². The molecular formula is C12H20N4O2S. The summed E-state index contributed by atoms with van der Waals surface area (Å²) in [6.45, 7) is 3.91. The molecule has 1 aliphatic rings. The number of aromatic nitrogens is 2. The van der Waals surface area contributed by atoms with Crippen molar-refractivity contribution >= 4 is 16.0 Å². The summed E-state index contributed by atoms with van der Waals surface area (Å²) in [6.07, 6.45) is 5.60. The molecule has 0 saturated carbocycles. The molecule has 1 N–H and O–H groups in total. The highest BCUT2D eigenvalue weighted by molar-refractivity contribution is 7.89. The second kappa shape index (κ2) is 5.42. The fraction of sp³-hybridized carbons (Fsp3) is 0.667. The molecule has 2 heterocycles. The van der Waals surface area contributed by atoms with Crippen LogP contribution in [0.15, 0.2) is 17.3 Å². The van der Waals surface area contributed by atoms with Gasteiger partial charge < -0.3 is 5.32 Å². The molecule has 0 spiro atoms. The van der Waals surface area contributed by atoms with E-state index in [1.807, 2.05) is 13.8 Å². The molecule has 0 radical (unpaired) electrons. The van der Waals surface area contributed by atoms with Crippen molar-refractivity contribution < 1.29 is 8.42 Å². The van der Waals surface area contributed by atoms with E-state index in [2.05, 4.69) is 15.3 Å². The molecule has 6 nitrogen and oxygen atoms in total.